The Hall–Kier alpha value is -3.27. The van der Waals surface area contributed by atoms with Crippen molar-refractivity contribution < 1.29 is 26.8 Å². The van der Waals surface area contributed by atoms with Gasteiger partial charge in [0.25, 0.3) is 5.89 Å². The Morgan fingerprint density at radius 2 is 1.86 bits per heavy atom. The SMILES string of the molecule is COc1ccccc1-c1nnc(NC(=O)CCCS(=O)(=O)c2ccc(F)cc2)o1. The number of rotatable bonds is 8. The first-order chi connectivity index (χ1) is 13.9. The molecule has 8 nitrogen and oxygen atoms in total. The van der Waals surface area contributed by atoms with Crippen LogP contribution in [0.25, 0.3) is 11.5 Å². The van der Waals surface area contributed by atoms with Crippen LogP contribution in [0.4, 0.5) is 10.4 Å². The molecule has 1 N–H and O–H groups in total. The molecule has 0 aliphatic carbocycles. The van der Waals surface area contributed by atoms with E-state index in [0.717, 1.165) is 12.1 Å². The number of nitrogens with zero attached hydrogens (tertiary/aromatic N) is 2. The lowest BCUT2D eigenvalue weighted by Gasteiger charge is -2.05. The molecule has 1 heterocycles. The molecule has 0 atom stereocenters. The van der Waals surface area contributed by atoms with Gasteiger partial charge in [-0.2, -0.15) is 0 Å². The lowest BCUT2D eigenvalue weighted by Crippen LogP contribution is -2.14. The zero-order valence-electron chi connectivity index (χ0n) is 15.5. The summed E-state index contributed by atoms with van der Waals surface area (Å²) in [4.78, 5) is 12.1. The van der Waals surface area contributed by atoms with Gasteiger partial charge in [-0.1, -0.05) is 17.2 Å². The highest BCUT2D eigenvalue weighted by molar-refractivity contribution is 7.91. The van der Waals surface area contributed by atoms with Crippen LogP contribution in [0, 0.1) is 5.82 Å². The number of ether oxygens (including phenoxy) is 1. The van der Waals surface area contributed by atoms with E-state index in [2.05, 4.69) is 15.5 Å². The minimum Gasteiger partial charge on any atom is -0.496 e. The average molecular weight is 419 g/mol. The van der Waals surface area contributed by atoms with Crippen LogP contribution in [0.1, 0.15) is 12.8 Å². The molecule has 0 radical (unpaired) electrons. The normalized spacial score (nSPS) is 11.2. The molecule has 0 fully saturated rings. The van der Waals surface area contributed by atoms with Crippen molar-refractivity contribution in [1.82, 2.24) is 10.2 Å². The van der Waals surface area contributed by atoms with E-state index in [9.17, 15) is 17.6 Å². The highest BCUT2D eigenvalue weighted by Crippen LogP contribution is 2.29. The van der Waals surface area contributed by atoms with Gasteiger partial charge in [-0.05, 0) is 42.8 Å². The van der Waals surface area contributed by atoms with E-state index >= 15 is 0 Å². The number of sulfone groups is 1. The Balaban J connectivity index is 1.55. The fourth-order valence-electron chi connectivity index (χ4n) is 2.57. The van der Waals surface area contributed by atoms with Crippen LogP contribution < -0.4 is 10.1 Å². The quantitative estimate of drug-likeness (QED) is 0.559. The van der Waals surface area contributed by atoms with Crippen molar-refractivity contribution in [2.24, 2.45) is 0 Å². The first-order valence-electron chi connectivity index (χ1n) is 8.64. The molecule has 0 saturated carbocycles. The molecule has 1 amide bonds. The van der Waals surface area contributed by atoms with Gasteiger partial charge in [-0.3, -0.25) is 10.1 Å². The van der Waals surface area contributed by atoms with Gasteiger partial charge in [-0.25, -0.2) is 12.8 Å². The minimum atomic E-state index is -3.60. The van der Waals surface area contributed by atoms with E-state index in [-0.39, 0.29) is 35.4 Å². The van der Waals surface area contributed by atoms with Gasteiger partial charge in [-0.15, -0.1) is 5.10 Å². The number of halogens is 1. The third kappa shape index (κ3) is 5.17. The summed E-state index contributed by atoms with van der Waals surface area (Å²) in [5, 5.41) is 10.1. The topological polar surface area (TPSA) is 111 Å². The van der Waals surface area contributed by atoms with Crippen molar-refractivity contribution in [3.05, 3.63) is 54.3 Å². The highest BCUT2D eigenvalue weighted by atomic mass is 32.2. The highest BCUT2D eigenvalue weighted by Gasteiger charge is 2.17. The van der Waals surface area contributed by atoms with Gasteiger partial charge in [0.2, 0.25) is 5.91 Å². The van der Waals surface area contributed by atoms with Gasteiger partial charge in [0.1, 0.15) is 11.6 Å². The van der Waals surface area contributed by atoms with Gasteiger partial charge < -0.3 is 9.15 Å². The number of aromatic nitrogens is 2. The van der Waals surface area contributed by atoms with Crippen LogP contribution in [0.5, 0.6) is 5.75 Å². The molecule has 0 aliphatic heterocycles. The summed E-state index contributed by atoms with van der Waals surface area (Å²) in [5.41, 5.74) is 0.577. The van der Waals surface area contributed by atoms with E-state index in [4.69, 9.17) is 9.15 Å². The molecule has 3 aromatic rings. The standard InChI is InChI=1S/C19H18FN3O5S/c1-27-16-6-3-2-5-15(16)18-22-23-19(28-18)21-17(24)7-4-12-29(25,26)14-10-8-13(20)9-11-14/h2-3,5-6,8-11H,4,7,12H2,1H3,(H,21,23,24). The zero-order valence-corrected chi connectivity index (χ0v) is 16.3. The van der Waals surface area contributed by atoms with Crippen LogP contribution in [0.2, 0.25) is 0 Å². The molecule has 152 valence electrons. The number of nitrogens with one attached hydrogen (secondary N) is 1. The summed E-state index contributed by atoms with van der Waals surface area (Å²) in [6, 6.07) is 11.5. The van der Waals surface area contributed by atoms with Crippen molar-refractivity contribution in [1.29, 1.82) is 0 Å². The van der Waals surface area contributed by atoms with Crippen LogP contribution >= 0.6 is 0 Å². The van der Waals surface area contributed by atoms with Crippen molar-refractivity contribution >= 4 is 21.8 Å². The predicted molar refractivity (Wildman–Crippen MR) is 103 cm³/mol. The van der Waals surface area contributed by atoms with Crippen LogP contribution in [0.3, 0.4) is 0 Å². The summed E-state index contributed by atoms with van der Waals surface area (Å²) < 4.78 is 48.0. The Labute approximate surface area is 166 Å². The number of hydrogen-bond acceptors (Lipinski definition) is 7. The van der Waals surface area contributed by atoms with Crippen molar-refractivity contribution in [2.75, 3.05) is 18.2 Å². The second-order valence-corrected chi connectivity index (χ2v) is 8.15. The summed E-state index contributed by atoms with van der Waals surface area (Å²) in [6.07, 6.45) is 0.0197. The van der Waals surface area contributed by atoms with E-state index < -0.39 is 21.6 Å². The molecule has 1 aromatic heterocycles. The average Bonchev–Trinajstić information content (AvgIpc) is 3.16. The second-order valence-electron chi connectivity index (χ2n) is 6.04. The molecule has 3 rings (SSSR count). The maximum atomic E-state index is 12.9. The molecule has 2 aromatic carbocycles. The molecule has 0 spiro atoms. The van der Waals surface area contributed by atoms with Crippen LogP contribution in [-0.2, 0) is 14.6 Å². The lowest BCUT2D eigenvalue weighted by molar-refractivity contribution is -0.116. The Morgan fingerprint density at radius 3 is 2.59 bits per heavy atom. The largest absolute Gasteiger partial charge is 0.496 e. The lowest BCUT2D eigenvalue weighted by atomic mass is 10.2. The van der Waals surface area contributed by atoms with Gasteiger partial charge in [0.15, 0.2) is 9.84 Å². The number of carbonyl (C=O) groups excluding carboxylic acids is 1. The predicted octanol–water partition coefficient (Wildman–Crippen LogP) is 3.08. The fraction of sp³-hybridized carbons (Fsp3) is 0.211. The zero-order chi connectivity index (χ0) is 20.9. The molecule has 29 heavy (non-hydrogen) atoms. The first-order valence-corrected chi connectivity index (χ1v) is 10.3. The van der Waals surface area contributed by atoms with Crippen molar-refractivity contribution in [3.63, 3.8) is 0 Å². The van der Waals surface area contributed by atoms with Crippen LogP contribution in [0.15, 0.2) is 57.8 Å². The number of carbonyl (C=O) groups is 1. The number of methoxy groups -OCH3 is 1. The summed E-state index contributed by atoms with van der Waals surface area (Å²) in [5.74, 6) is -0.510. The Bertz CT molecular complexity index is 1100. The second kappa shape index (κ2) is 8.82. The summed E-state index contributed by atoms with van der Waals surface area (Å²) in [6.45, 7) is 0. The molecule has 0 aliphatic rings. The van der Waals surface area contributed by atoms with Gasteiger partial charge in [0, 0.05) is 6.42 Å². The minimum absolute atomic E-state index is 0.0117. The van der Waals surface area contributed by atoms with E-state index in [1.54, 1.807) is 24.3 Å². The van der Waals surface area contributed by atoms with E-state index in [0.29, 0.717) is 11.3 Å². The molecular weight excluding hydrogens is 401 g/mol. The number of benzene rings is 2. The number of amides is 1. The third-order valence-electron chi connectivity index (χ3n) is 4.00. The number of para-hydroxylation sites is 1. The molecule has 10 heteroatoms. The first kappa shape index (κ1) is 20.5. The summed E-state index contributed by atoms with van der Waals surface area (Å²) >= 11 is 0. The Kier molecular flexibility index (Phi) is 6.23. The molecule has 0 bridgehead atoms. The molecular formula is C19H18FN3O5S. The smallest absolute Gasteiger partial charge is 0.322 e. The maximum Gasteiger partial charge on any atom is 0.322 e. The fourth-order valence-corrected chi connectivity index (χ4v) is 3.88. The summed E-state index contributed by atoms with van der Waals surface area (Å²) in [7, 11) is -2.09. The monoisotopic (exact) mass is 419 g/mol. The third-order valence-corrected chi connectivity index (χ3v) is 5.81. The van der Waals surface area contributed by atoms with Crippen molar-refractivity contribution in [3.8, 4) is 17.2 Å². The number of hydrogen-bond donors (Lipinski definition) is 1. The maximum absolute atomic E-state index is 12.9. The molecule has 0 unspecified atom stereocenters. The van der Waals surface area contributed by atoms with Gasteiger partial charge >= 0.3 is 6.01 Å². The molecule has 0 saturated heterocycles. The van der Waals surface area contributed by atoms with Gasteiger partial charge in [0.05, 0.1) is 23.3 Å². The van der Waals surface area contributed by atoms with E-state index in [1.807, 2.05) is 0 Å². The van der Waals surface area contributed by atoms with Crippen LogP contribution in [-0.4, -0.2) is 37.4 Å². The Morgan fingerprint density at radius 1 is 1.14 bits per heavy atom. The van der Waals surface area contributed by atoms with Crippen molar-refractivity contribution in [2.45, 2.75) is 17.7 Å². The number of anilines is 1. The van der Waals surface area contributed by atoms with E-state index in [1.165, 1.54) is 19.2 Å².